The van der Waals surface area contributed by atoms with Crippen LogP contribution in [0, 0.1) is 11.8 Å². The van der Waals surface area contributed by atoms with Crippen LogP contribution in [-0.2, 0) is 0 Å². The second-order valence-corrected chi connectivity index (χ2v) is 6.31. The molecular formula is C12H15NS2. The quantitative estimate of drug-likeness (QED) is 0.792. The molecule has 80 valence electrons. The highest BCUT2D eigenvalue weighted by Gasteiger charge is 2.25. The third-order valence-corrected chi connectivity index (χ3v) is 4.87. The molecule has 0 saturated carbocycles. The summed E-state index contributed by atoms with van der Waals surface area (Å²) in [6.45, 7) is 4.98. The lowest BCUT2D eigenvalue weighted by atomic mass is 10.1. The van der Waals surface area contributed by atoms with Gasteiger partial charge >= 0.3 is 0 Å². The lowest BCUT2D eigenvalue weighted by Gasteiger charge is -2.26. The molecule has 3 heteroatoms. The molecular weight excluding hydrogens is 222 g/mol. The number of thioether (sulfide) groups is 1. The summed E-state index contributed by atoms with van der Waals surface area (Å²) in [5, 5.41) is 6.42. The van der Waals surface area contributed by atoms with Crippen LogP contribution < -0.4 is 5.32 Å². The van der Waals surface area contributed by atoms with E-state index >= 15 is 0 Å². The van der Waals surface area contributed by atoms with Crippen LogP contribution >= 0.6 is 23.1 Å². The van der Waals surface area contributed by atoms with Gasteiger partial charge in [-0.3, -0.25) is 5.32 Å². The first-order valence-electron chi connectivity index (χ1n) is 5.18. The topological polar surface area (TPSA) is 12.0 Å². The largest absolute Gasteiger partial charge is 0.299 e. The van der Waals surface area contributed by atoms with Crippen molar-refractivity contribution in [3.8, 4) is 11.8 Å². The lowest BCUT2D eigenvalue weighted by molar-refractivity contribution is 0.518. The molecule has 1 aromatic heterocycles. The van der Waals surface area contributed by atoms with Crippen LogP contribution in [0.1, 0.15) is 31.9 Å². The van der Waals surface area contributed by atoms with Gasteiger partial charge in [0.05, 0.1) is 10.8 Å². The normalized spacial score (nSPS) is 24.1. The Morgan fingerprint density at radius 2 is 2.47 bits per heavy atom. The molecule has 2 atom stereocenters. The van der Waals surface area contributed by atoms with Crippen LogP contribution in [0.3, 0.4) is 0 Å². The first kappa shape index (κ1) is 11.1. The van der Waals surface area contributed by atoms with E-state index in [0.29, 0.717) is 11.3 Å². The van der Waals surface area contributed by atoms with E-state index in [2.05, 4.69) is 35.5 Å². The predicted octanol–water partition coefficient (Wildman–Crippen LogP) is 3.29. The maximum absolute atomic E-state index is 3.51. The summed E-state index contributed by atoms with van der Waals surface area (Å²) in [5.41, 5.74) is 1.47. The van der Waals surface area contributed by atoms with Gasteiger partial charge in [0.25, 0.3) is 0 Å². The average Bonchev–Trinajstić information content (AvgIpc) is 2.65. The third-order valence-electron chi connectivity index (χ3n) is 2.52. The van der Waals surface area contributed by atoms with Crippen LogP contribution in [0.4, 0.5) is 0 Å². The Balaban J connectivity index is 2.08. The zero-order valence-corrected chi connectivity index (χ0v) is 10.7. The Kier molecular flexibility index (Phi) is 3.74. The van der Waals surface area contributed by atoms with Crippen molar-refractivity contribution in [2.45, 2.75) is 35.8 Å². The smallest absolute Gasteiger partial charge is 0.0649 e. The molecule has 0 radical (unpaired) electrons. The fourth-order valence-corrected chi connectivity index (χ4v) is 4.37. The molecule has 0 aromatic carbocycles. The van der Waals surface area contributed by atoms with Crippen molar-refractivity contribution < 1.29 is 0 Å². The Labute approximate surface area is 99.7 Å². The molecule has 1 unspecified atom stereocenters. The Morgan fingerprint density at radius 1 is 1.60 bits per heavy atom. The molecule has 0 bridgehead atoms. The highest BCUT2D eigenvalue weighted by atomic mass is 32.2. The highest BCUT2D eigenvalue weighted by Crippen LogP contribution is 2.43. The van der Waals surface area contributed by atoms with E-state index in [1.54, 1.807) is 0 Å². The molecule has 1 aromatic rings. The Morgan fingerprint density at radius 3 is 3.27 bits per heavy atom. The van der Waals surface area contributed by atoms with Crippen LogP contribution in [0.15, 0.2) is 15.7 Å². The zero-order valence-electron chi connectivity index (χ0n) is 9.04. The van der Waals surface area contributed by atoms with E-state index < -0.39 is 0 Å². The second kappa shape index (κ2) is 5.07. The minimum Gasteiger partial charge on any atom is -0.299 e. The van der Waals surface area contributed by atoms with Crippen LogP contribution in [0.5, 0.6) is 0 Å². The molecule has 1 aliphatic rings. The molecule has 1 N–H and O–H groups in total. The molecule has 0 amide bonds. The Bertz CT molecular complexity index is 386. The highest BCUT2D eigenvalue weighted by molar-refractivity contribution is 8.01. The summed E-state index contributed by atoms with van der Waals surface area (Å²) >= 11 is 3.86. The van der Waals surface area contributed by atoms with Gasteiger partial charge in [-0.15, -0.1) is 29.0 Å². The van der Waals surface area contributed by atoms with Crippen molar-refractivity contribution in [3.05, 3.63) is 17.0 Å². The number of thiophene rings is 1. The maximum Gasteiger partial charge on any atom is 0.0649 e. The number of fused-ring (bicyclic) bond motifs is 1. The van der Waals surface area contributed by atoms with Crippen molar-refractivity contribution in [1.82, 2.24) is 5.32 Å². The van der Waals surface area contributed by atoms with Gasteiger partial charge in [-0.2, -0.15) is 0 Å². The first-order chi connectivity index (χ1) is 7.31. The van der Waals surface area contributed by atoms with Crippen LogP contribution in [-0.4, -0.2) is 11.8 Å². The molecule has 0 aliphatic carbocycles. The monoisotopic (exact) mass is 237 g/mol. The van der Waals surface area contributed by atoms with E-state index in [4.69, 9.17) is 0 Å². The van der Waals surface area contributed by atoms with Gasteiger partial charge in [-0.05, 0) is 30.4 Å². The number of hydrogen-bond acceptors (Lipinski definition) is 3. The van der Waals surface area contributed by atoms with E-state index in [9.17, 15) is 0 Å². The summed E-state index contributed by atoms with van der Waals surface area (Å²) in [7, 11) is 0. The van der Waals surface area contributed by atoms with Gasteiger partial charge in [0.2, 0.25) is 0 Å². The molecule has 0 fully saturated rings. The van der Waals surface area contributed by atoms with Crippen molar-refractivity contribution >= 4 is 23.1 Å². The summed E-state index contributed by atoms with van der Waals surface area (Å²) in [6, 6.07) is 2.75. The standard InChI is InChI=1S/C12H15NS2/c1-3-4-6-13-11-8-9(2)15-12-10(11)5-7-14-12/h5,7,9,11,13H,6,8H2,1-2H3/t9-,11?/m0/s1. The van der Waals surface area contributed by atoms with Crippen molar-refractivity contribution in [2.75, 3.05) is 6.54 Å². The van der Waals surface area contributed by atoms with Crippen molar-refractivity contribution in [3.63, 3.8) is 0 Å². The fraction of sp³-hybridized carbons (Fsp3) is 0.500. The maximum atomic E-state index is 3.51. The van der Waals surface area contributed by atoms with E-state index in [1.165, 1.54) is 16.2 Å². The first-order valence-corrected chi connectivity index (χ1v) is 6.94. The third kappa shape index (κ3) is 2.57. The molecule has 2 rings (SSSR count). The molecule has 0 saturated heterocycles. The van der Waals surface area contributed by atoms with Crippen LogP contribution in [0.2, 0.25) is 0 Å². The molecule has 0 spiro atoms. The Hall–Kier alpha value is -0.430. The van der Waals surface area contributed by atoms with Gasteiger partial charge < -0.3 is 0 Å². The average molecular weight is 237 g/mol. The summed E-state index contributed by atoms with van der Waals surface area (Å²) in [5.74, 6) is 5.99. The van der Waals surface area contributed by atoms with E-state index in [1.807, 2.05) is 30.0 Å². The van der Waals surface area contributed by atoms with Crippen molar-refractivity contribution in [2.24, 2.45) is 0 Å². The predicted molar refractivity (Wildman–Crippen MR) is 68.4 cm³/mol. The number of rotatable bonds is 2. The molecule has 1 nitrogen and oxygen atoms in total. The molecule has 15 heavy (non-hydrogen) atoms. The van der Waals surface area contributed by atoms with Gasteiger partial charge in [0, 0.05) is 11.3 Å². The summed E-state index contributed by atoms with van der Waals surface area (Å²) < 4.78 is 1.48. The van der Waals surface area contributed by atoms with E-state index in [-0.39, 0.29) is 0 Å². The number of hydrogen-bond donors (Lipinski definition) is 1. The summed E-state index contributed by atoms with van der Waals surface area (Å²) in [6.07, 6.45) is 1.21. The molecule has 1 aliphatic heterocycles. The SMILES string of the molecule is CC#CCNC1C[C@H](C)Sc2sccc21. The van der Waals surface area contributed by atoms with Gasteiger partial charge in [0.1, 0.15) is 0 Å². The van der Waals surface area contributed by atoms with Crippen molar-refractivity contribution in [1.29, 1.82) is 0 Å². The van der Waals surface area contributed by atoms with Gasteiger partial charge in [-0.1, -0.05) is 12.8 Å². The lowest BCUT2D eigenvalue weighted by Crippen LogP contribution is -2.26. The minimum absolute atomic E-state index is 0.503. The number of nitrogens with one attached hydrogen (secondary N) is 1. The zero-order chi connectivity index (χ0) is 10.7. The summed E-state index contributed by atoms with van der Waals surface area (Å²) in [4.78, 5) is 0. The van der Waals surface area contributed by atoms with Crippen LogP contribution in [0.25, 0.3) is 0 Å². The van der Waals surface area contributed by atoms with Gasteiger partial charge in [-0.25, -0.2) is 0 Å². The molecule has 2 heterocycles. The second-order valence-electron chi connectivity index (χ2n) is 3.69. The van der Waals surface area contributed by atoms with E-state index in [0.717, 1.165) is 6.54 Å². The van der Waals surface area contributed by atoms with Gasteiger partial charge in [0.15, 0.2) is 0 Å². The minimum atomic E-state index is 0.503. The fourth-order valence-electron chi connectivity index (χ4n) is 1.81.